The molecule has 0 aromatic heterocycles. The van der Waals surface area contributed by atoms with Crippen LogP contribution in [0.1, 0.15) is 30.1 Å². The molecule has 0 aliphatic heterocycles. The smallest absolute Gasteiger partial charge is 0.338 e. The molecule has 1 aromatic rings. The average Bonchev–Trinajstić information content (AvgIpc) is 2.55. The maximum Gasteiger partial charge on any atom is 0.338 e. The lowest BCUT2D eigenvalue weighted by Gasteiger charge is -2.24. The first-order valence-corrected chi connectivity index (χ1v) is 7.48. The molecule has 1 amide bonds. The fourth-order valence-electron chi connectivity index (χ4n) is 2.52. The Morgan fingerprint density at radius 3 is 2.30 bits per heavy atom. The van der Waals surface area contributed by atoms with Gasteiger partial charge in [0.15, 0.2) is 0 Å². The molecule has 0 radical (unpaired) electrons. The summed E-state index contributed by atoms with van der Waals surface area (Å²) in [6.45, 7) is 2.02. The van der Waals surface area contributed by atoms with E-state index in [1.807, 2.05) is 6.08 Å². The molecule has 0 saturated heterocycles. The largest absolute Gasteiger partial charge is 0.481 e. The van der Waals surface area contributed by atoms with Crippen LogP contribution in [0.4, 0.5) is 5.69 Å². The molecule has 1 aliphatic carbocycles. The summed E-state index contributed by atoms with van der Waals surface area (Å²) in [4.78, 5) is 35.1. The molecule has 0 saturated carbocycles. The van der Waals surface area contributed by atoms with Gasteiger partial charge >= 0.3 is 11.9 Å². The van der Waals surface area contributed by atoms with Crippen molar-refractivity contribution in [2.24, 2.45) is 11.8 Å². The number of carboxylic acids is 1. The Morgan fingerprint density at radius 1 is 1.13 bits per heavy atom. The number of rotatable bonds is 5. The van der Waals surface area contributed by atoms with Crippen LogP contribution in [0.2, 0.25) is 0 Å². The van der Waals surface area contributed by atoms with Gasteiger partial charge in [0.05, 0.1) is 24.0 Å². The molecule has 2 rings (SSSR count). The maximum absolute atomic E-state index is 12.3. The van der Waals surface area contributed by atoms with E-state index in [-0.39, 0.29) is 5.91 Å². The van der Waals surface area contributed by atoms with Crippen LogP contribution >= 0.6 is 0 Å². The van der Waals surface area contributed by atoms with Crippen molar-refractivity contribution in [2.45, 2.75) is 19.8 Å². The molecule has 1 aromatic carbocycles. The molecule has 2 N–H and O–H groups in total. The number of benzene rings is 1. The van der Waals surface area contributed by atoms with Gasteiger partial charge in [-0.2, -0.15) is 0 Å². The highest BCUT2D eigenvalue weighted by atomic mass is 16.5. The molecule has 6 nitrogen and oxygen atoms in total. The summed E-state index contributed by atoms with van der Waals surface area (Å²) in [5, 5.41) is 11.9. The number of allylic oxidation sites excluding steroid dienone is 2. The summed E-state index contributed by atoms with van der Waals surface area (Å²) in [7, 11) is 0. The zero-order chi connectivity index (χ0) is 16.8. The van der Waals surface area contributed by atoms with Crippen molar-refractivity contribution in [3.8, 4) is 0 Å². The second-order valence-corrected chi connectivity index (χ2v) is 5.28. The second kappa shape index (κ2) is 7.58. The Labute approximate surface area is 134 Å². The van der Waals surface area contributed by atoms with Crippen LogP contribution in [0, 0.1) is 11.8 Å². The average molecular weight is 317 g/mol. The summed E-state index contributed by atoms with van der Waals surface area (Å²) in [6.07, 6.45) is 4.38. The van der Waals surface area contributed by atoms with E-state index < -0.39 is 23.8 Å². The lowest BCUT2D eigenvalue weighted by molar-refractivity contribution is -0.146. The predicted molar refractivity (Wildman–Crippen MR) is 84.0 cm³/mol. The summed E-state index contributed by atoms with van der Waals surface area (Å²) in [5.74, 6) is -3.02. The van der Waals surface area contributed by atoms with E-state index in [0.29, 0.717) is 30.7 Å². The van der Waals surface area contributed by atoms with Gasteiger partial charge in [-0.1, -0.05) is 12.2 Å². The highest BCUT2D eigenvalue weighted by Crippen LogP contribution is 2.27. The van der Waals surface area contributed by atoms with Crippen molar-refractivity contribution < 1.29 is 24.2 Å². The molecule has 0 unspecified atom stereocenters. The van der Waals surface area contributed by atoms with Gasteiger partial charge in [0, 0.05) is 5.69 Å². The normalized spacial score (nSPS) is 19.9. The van der Waals surface area contributed by atoms with Crippen molar-refractivity contribution in [1.29, 1.82) is 0 Å². The molecule has 0 bridgehead atoms. The number of anilines is 1. The van der Waals surface area contributed by atoms with Crippen molar-refractivity contribution in [2.75, 3.05) is 11.9 Å². The molecular formula is C17H19NO5. The van der Waals surface area contributed by atoms with Crippen molar-refractivity contribution >= 4 is 23.5 Å². The zero-order valence-corrected chi connectivity index (χ0v) is 12.8. The molecule has 0 fully saturated rings. The molecule has 1 aliphatic rings. The Balaban J connectivity index is 2.03. The van der Waals surface area contributed by atoms with Gasteiger partial charge in [-0.05, 0) is 44.0 Å². The third-order valence-corrected chi connectivity index (χ3v) is 3.75. The van der Waals surface area contributed by atoms with Gasteiger partial charge in [0.25, 0.3) is 0 Å². The third kappa shape index (κ3) is 4.18. The Bertz CT molecular complexity index is 620. The summed E-state index contributed by atoms with van der Waals surface area (Å²) in [5.41, 5.74) is 0.913. The van der Waals surface area contributed by atoms with E-state index in [0.717, 1.165) is 0 Å². The lowest BCUT2D eigenvalue weighted by Crippen LogP contribution is -2.34. The molecule has 122 valence electrons. The molecule has 6 heteroatoms. The first-order chi connectivity index (χ1) is 11.0. The van der Waals surface area contributed by atoms with E-state index in [9.17, 15) is 19.5 Å². The van der Waals surface area contributed by atoms with Crippen LogP contribution in [-0.2, 0) is 14.3 Å². The van der Waals surface area contributed by atoms with Gasteiger partial charge in [-0.15, -0.1) is 0 Å². The first kappa shape index (κ1) is 16.7. The van der Waals surface area contributed by atoms with Crippen LogP contribution in [0.3, 0.4) is 0 Å². The van der Waals surface area contributed by atoms with Crippen LogP contribution in [0.5, 0.6) is 0 Å². The van der Waals surface area contributed by atoms with Gasteiger partial charge in [-0.25, -0.2) is 4.79 Å². The molecule has 2 atom stereocenters. The van der Waals surface area contributed by atoms with Crippen molar-refractivity contribution in [3.05, 3.63) is 42.0 Å². The lowest BCUT2D eigenvalue weighted by atomic mass is 9.82. The van der Waals surface area contributed by atoms with Crippen LogP contribution in [-0.4, -0.2) is 29.6 Å². The number of carbonyl (C=O) groups excluding carboxylic acids is 2. The number of carbonyl (C=O) groups is 3. The maximum atomic E-state index is 12.3. The SMILES string of the molecule is CCOC(=O)c1ccc(NC(=O)[C@H]2CC=CC[C@@H]2C(=O)O)cc1. The minimum Gasteiger partial charge on any atom is -0.481 e. The van der Waals surface area contributed by atoms with E-state index in [2.05, 4.69) is 5.32 Å². The summed E-state index contributed by atoms with van der Waals surface area (Å²) in [6, 6.07) is 6.31. The number of aliphatic carboxylic acids is 1. The topological polar surface area (TPSA) is 92.7 Å². The molecule has 0 spiro atoms. The number of hydrogen-bond acceptors (Lipinski definition) is 4. The van der Waals surface area contributed by atoms with Crippen molar-refractivity contribution in [1.82, 2.24) is 0 Å². The summed E-state index contributed by atoms with van der Waals surface area (Å²) < 4.78 is 4.89. The fourth-order valence-corrected chi connectivity index (χ4v) is 2.52. The third-order valence-electron chi connectivity index (χ3n) is 3.75. The van der Waals surface area contributed by atoms with Gasteiger partial charge in [-0.3, -0.25) is 9.59 Å². The fraction of sp³-hybridized carbons (Fsp3) is 0.353. The van der Waals surface area contributed by atoms with Gasteiger partial charge in [0.1, 0.15) is 0 Å². The minimum absolute atomic E-state index is 0.295. The second-order valence-electron chi connectivity index (χ2n) is 5.28. The van der Waals surface area contributed by atoms with E-state index in [1.54, 1.807) is 37.3 Å². The minimum atomic E-state index is -0.966. The van der Waals surface area contributed by atoms with Crippen LogP contribution in [0.15, 0.2) is 36.4 Å². The van der Waals surface area contributed by atoms with Crippen LogP contribution < -0.4 is 5.32 Å². The molecule has 0 heterocycles. The number of carboxylic acid groups (broad SMARTS) is 1. The number of hydrogen-bond donors (Lipinski definition) is 2. The first-order valence-electron chi connectivity index (χ1n) is 7.48. The van der Waals surface area contributed by atoms with E-state index >= 15 is 0 Å². The Kier molecular flexibility index (Phi) is 5.51. The van der Waals surface area contributed by atoms with E-state index in [1.165, 1.54) is 0 Å². The molecule has 23 heavy (non-hydrogen) atoms. The number of esters is 1. The monoisotopic (exact) mass is 317 g/mol. The highest BCUT2D eigenvalue weighted by molar-refractivity contribution is 5.96. The molecular weight excluding hydrogens is 298 g/mol. The Morgan fingerprint density at radius 2 is 1.74 bits per heavy atom. The zero-order valence-electron chi connectivity index (χ0n) is 12.8. The highest BCUT2D eigenvalue weighted by Gasteiger charge is 2.33. The number of ether oxygens (including phenoxy) is 1. The quantitative estimate of drug-likeness (QED) is 0.643. The van der Waals surface area contributed by atoms with Crippen LogP contribution in [0.25, 0.3) is 0 Å². The predicted octanol–water partition coefficient (Wildman–Crippen LogP) is 2.47. The van der Waals surface area contributed by atoms with E-state index in [4.69, 9.17) is 4.74 Å². The van der Waals surface area contributed by atoms with Crippen molar-refractivity contribution in [3.63, 3.8) is 0 Å². The summed E-state index contributed by atoms with van der Waals surface area (Å²) >= 11 is 0. The standard InChI is InChI=1S/C17H19NO5/c1-2-23-17(22)11-7-9-12(10-8-11)18-15(19)13-5-3-4-6-14(13)16(20)21/h3-4,7-10,13-14H,2,5-6H2,1H3,(H,18,19)(H,20,21)/t13-,14-/m0/s1. The number of amides is 1. The van der Waals surface area contributed by atoms with Gasteiger partial charge < -0.3 is 15.2 Å². The Hall–Kier alpha value is -2.63. The number of nitrogens with one attached hydrogen (secondary N) is 1. The van der Waals surface area contributed by atoms with Gasteiger partial charge in [0.2, 0.25) is 5.91 Å².